The predicted octanol–water partition coefficient (Wildman–Crippen LogP) is 5.44. The first-order valence-electron chi connectivity index (χ1n) is 11.5. The minimum absolute atomic E-state index is 0.284. The van der Waals surface area contributed by atoms with Gasteiger partial charge in [0.05, 0.1) is 12.2 Å². The quantitative estimate of drug-likeness (QED) is 0.462. The number of hydrogen-bond acceptors (Lipinski definition) is 4. The summed E-state index contributed by atoms with van der Waals surface area (Å²) in [4.78, 5) is 27.4. The smallest absolute Gasteiger partial charge is 0.335 e. The fourth-order valence-corrected chi connectivity index (χ4v) is 4.18. The number of esters is 1. The molecule has 5 nitrogen and oxygen atoms in total. The van der Waals surface area contributed by atoms with Crippen LogP contribution in [0.4, 0.5) is 14.5 Å². The molecule has 3 aromatic rings. The standard InChI is InChI=1S/C28H26F2N2O3/c1-2-35-28(34)23-18-32(17-19-7-4-3-5-8-19)16-15-22(23)20-11-13-21(14-12-20)31-27(33)26-24(29)9-6-10-25(26)30/h3-14H,2,15-18H2,1H3,(H,31,33). The summed E-state index contributed by atoms with van der Waals surface area (Å²) in [7, 11) is 0. The molecule has 35 heavy (non-hydrogen) atoms. The minimum Gasteiger partial charge on any atom is -0.463 e. The number of nitrogens with zero attached hydrogens (tertiary/aromatic N) is 1. The number of ether oxygens (including phenoxy) is 1. The molecule has 1 amide bonds. The summed E-state index contributed by atoms with van der Waals surface area (Å²) in [5.74, 6) is -3.06. The second-order valence-electron chi connectivity index (χ2n) is 8.25. The van der Waals surface area contributed by atoms with Crippen LogP contribution in [0.3, 0.4) is 0 Å². The van der Waals surface area contributed by atoms with Gasteiger partial charge in [0.1, 0.15) is 17.2 Å². The number of anilines is 1. The van der Waals surface area contributed by atoms with Gasteiger partial charge in [0.25, 0.3) is 5.91 Å². The van der Waals surface area contributed by atoms with Crippen molar-refractivity contribution in [2.75, 3.05) is 25.0 Å². The molecule has 0 bridgehead atoms. The Labute approximate surface area is 203 Å². The van der Waals surface area contributed by atoms with Crippen molar-refractivity contribution in [3.8, 4) is 0 Å². The van der Waals surface area contributed by atoms with Crippen molar-refractivity contribution in [2.45, 2.75) is 19.9 Å². The number of benzene rings is 3. The molecule has 180 valence electrons. The number of amides is 1. The molecule has 7 heteroatoms. The lowest BCUT2D eigenvalue weighted by atomic mass is 9.93. The lowest BCUT2D eigenvalue weighted by Gasteiger charge is -2.30. The maximum Gasteiger partial charge on any atom is 0.335 e. The first-order chi connectivity index (χ1) is 17.0. The van der Waals surface area contributed by atoms with Gasteiger partial charge in [0, 0.05) is 25.3 Å². The van der Waals surface area contributed by atoms with Gasteiger partial charge in [-0.25, -0.2) is 13.6 Å². The van der Waals surface area contributed by atoms with Crippen LogP contribution in [0, 0.1) is 11.6 Å². The second kappa shape index (κ2) is 11.1. The monoisotopic (exact) mass is 476 g/mol. The Bertz CT molecular complexity index is 1220. The van der Waals surface area contributed by atoms with E-state index in [9.17, 15) is 18.4 Å². The zero-order valence-corrected chi connectivity index (χ0v) is 19.4. The summed E-state index contributed by atoms with van der Waals surface area (Å²) >= 11 is 0. The molecular formula is C28H26F2N2O3. The molecular weight excluding hydrogens is 450 g/mol. The fourth-order valence-electron chi connectivity index (χ4n) is 4.18. The van der Waals surface area contributed by atoms with E-state index in [0.717, 1.165) is 36.4 Å². The average molecular weight is 477 g/mol. The molecule has 1 aliphatic heterocycles. The van der Waals surface area contributed by atoms with Gasteiger partial charge < -0.3 is 10.1 Å². The zero-order valence-electron chi connectivity index (χ0n) is 19.4. The van der Waals surface area contributed by atoms with Crippen molar-refractivity contribution in [1.29, 1.82) is 0 Å². The van der Waals surface area contributed by atoms with Gasteiger partial charge >= 0.3 is 5.97 Å². The number of carbonyl (C=O) groups is 2. The van der Waals surface area contributed by atoms with Crippen LogP contribution in [0.25, 0.3) is 5.57 Å². The van der Waals surface area contributed by atoms with E-state index in [0.29, 0.717) is 24.2 Å². The van der Waals surface area contributed by atoms with E-state index >= 15 is 0 Å². The van der Waals surface area contributed by atoms with Crippen molar-refractivity contribution in [3.05, 3.63) is 107 Å². The highest BCUT2D eigenvalue weighted by Gasteiger charge is 2.26. The highest BCUT2D eigenvalue weighted by atomic mass is 19.1. The van der Waals surface area contributed by atoms with Crippen molar-refractivity contribution < 1.29 is 23.1 Å². The molecule has 1 heterocycles. The van der Waals surface area contributed by atoms with Gasteiger partial charge in [-0.2, -0.15) is 0 Å². The van der Waals surface area contributed by atoms with Crippen LogP contribution < -0.4 is 5.32 Å². The van der Waals surface area contributed by atoms with Crippen molar-refractivity contribution in [1.82, 2.24) is 4.90 Å². The lowest BCUT2D eigenvalue weighted by molar-refractivity contribution is -0.138. The second-order valence-corrected chi connectivity index (χ2v) is 8.25. The molecule has 0 atom stereocenters. The molecule has 3 aromatic carbocycles. The minimum atomic E-state index is -0.925. The fraction of sp³-hybridized carbons (Fsp3) is 0.214. The number of hydrogen-bond donors (Lipinski definition) is 1. The van der Waals surface area contributed by atoms with E-state index in [-0.39, 0.29) is 12.6 Å². The maximum atomic E-state index is 13.9. The Hall–Kier alpha value is -3.84. The molecule has 1 N–H and O–H groups in total. The molecule has 0 aromatic heterocycles. The van der Waals surface area contributed by atoms with E-state index in [2.05, 4.69) is 22.3 Å². The van der Waals surface area contributed by atoms with Crippen LogP contribution in [-0.4, -0.2) is 36.5 Å². The Morgan fingerprint density at radius 1 is 0.943 bits per heavy atom. The van der Waals surface area contributed by atoms with Crippen molar-refractivity contribution in [2.24, 2.45) is 0 Å². The summed E-state index contributed by atoms with van der Waals surface area (Å²) in [6, 6.07) is 20.2. The summed E-state index contributed by atoms with van der Waals surface area (Å²) < 4.78 is 33.1. The van der Waals surface area contributed by atoms with Crippen LogP contribution in [0.1, 0.15) is 34.8 Å². The Morgan fingerprint density at radius 3 is 2.29 bits per heavy atom. The van der Waals surface area contributed by atoms with Crippen LogP contribution in [0.2, 0.25) is 0 Å². The third kappa shape index (κ3) is 5.81. The third-order valence-corrected chi connectivity index (χ3v) is 5.88. The largest absolute Gasteiger partial charge is 0.463 e. The van der Waals surface area contributed by atoms with E-state index in [4.69, 9.17) is 4.74 Å². The highest BCUT2D eigenvalue weighted by Crippen LogP contribution is 2.30. The molecule has 0 saturated heterocycles. The van der Waals surface area contributed by atoms with Gasteiger partial charge in [-0.15, -0.1) is 0 Å². The summed E-state index contributed by atoms with van der Waals surface area (Å²) in [5, 5.41) is 2.52. The number of rotatable bonds is 7. The molecule has 1 aliphatic rings. The van der Waals surface area contributed by atoms with E-state index in [1.54, 1.807) is 31.2 Å². The number of carbonyl (C=O) groups excluding carboxylic acids is 2. The SMILES string of the molecule is CCOC(=O)C1=C(c2ccc(NC(=O)c3c(F)cccc3F)cc2)CCN(Cc2ccccc2)C1. The summed E-state index contributed by atoms with van der Waals surface area (Å²) in [6.07, 6.45) is 0.660. The molecule has 0 aliphatic carbocycles. The van der Waals surface area contributed by atoms with E-state index < -0.39 is 23.1 Å². The van der Waals surface area contributed by atoms with Gasteiger partial charge in [0.15, 0.2) is 0 Å². The molecule has 0 unspecified atom stereocenters. The zero-order chi connectivity index (χ0) is 24.8. The topological polar surface area (TPSA) is 58.6 Å². The van der Waals surface area contributed by atoms with Crippen LogP contribution in [0.15, 0.2) is 78.4 Å². The normalized spacial score (nSPS) is 14.0. The Kier molecular flexibility index (Phi) is 7.67. The van der Waals surface area contributed by atoms with Gasteiger partial charge in [-0.1, -0.05) is 48.5 Å². The molecule has 0 spiro atoms. The van der Waals surface area contributed by atoms with E-state index in [1.165, 1.54) is 11.6 Å². The Morgan fingerprint density at radius 2 is 1.63 bits per heavy atom. The predicted molar refractivity (Wildman–Crippen MR) is 131 cm³/mol. The van der Waals surface area contributed by atoms with E-state index in [1.807, 2.05) is 18.2 Å². The van der Waals surface area contributed by atoms with Gasteiger partial charge in [0.2, 0.25) is 0 Å². The van der Waals surface area contributed by atoms with Crippen molar-refractivity contribution in [3.63, 3.8) is 0 Å². The Balaban J connectivity index is 1.54. The first kappa shape index (κ1) is 24.3. The third-order valence-electron chi connectivity index (χ3n) is 5.88. The average Bonchev–Trinajstić information content (AvgIpc) is 2.85. The van der Waals surface area contributed by atoms with Crippen LogP contribution in [-0.2, 0) is 16.1 Å². The number of halogens is 2. The maximum absolute atomic E-state index is 13.9. The summed E-state index contributed by atoms with van der Waals surface area (Å²) in [6.45, 7) is 4.03. The highest BCUT2D eigenvalue weighted by molar-refractivity contribution is 6.05. The molecule has 0 saturated carbocycles. The lowest BCUT2D eigenvalue weighted by Crippen LogP contribution is -2.34. The van der Waals surface area contributed by atoms with Crippen molar-refractivity contribution >= 4 is 23.1 Å². The summed E-state index contributed by atoms with van der Waals surface area (Å²) in [5.41, 5.74) is 3.27. The molecule has 0 radical (unpaired) electrons. The van der Waals surface area contributed by atoms with Gasteiger partial charge in [-0.05, 0) is 54.3 Å². The van der Waals surface area contributed by atoms with Crippen LogP contribution in [0.5, 0.6) is 0 Å². The molecule has 4 rings (SSSR count). The molecule has 0 fully saturated rings. The van der Waals surface area contributed by atoms with Gasteiger partial charge in [-0.3, -0.25) is 9.69 Å². The van der Waals surface area contributed by atoms with Crippen LogP contribution >= 0.6 is 0 Å². The number of nitrogens with one attached hydrogen (secondary N) is 1. The first-order valence-corrected chi connectivity index (χ1v) is 11.5.